The van der Waals surface area contributed by atoms with Gasteiger partial charge in [-0.05, 0) is 25.7 Å². The highest BCUT2D eigenvalue weighted by Gasteiger charge is 2.53. The molecule has 2 rings (SSSR count). The Kier molecular flexibility index (Phi) is 4.54. The Balaban J connectivity index is 2.04. The van der Waals surface area contributed by atoms with Gasteiger partial charge in [-0.2, -0.15) is 0 Å². The first kappa shape index (κ1) is 16.3. The minimum Gasteiger partial charge on any atom is -0.378 e. The molecule has 0 radical (unpaired) electrons. The zero-order valence-electron chi connectivity index (χ0n) is 14.5. The van der Waals surface area contributed by atoms with Gasteiger partial charge in [-0.3, -0.25) is 4.90 Å². The molecule has 3 nitrogen and oxygen atoms in total. The number of ether oxygens (including phenoxy) is 1. The van der Waals surface area contributed by atoms with Crippen molar-refractivity contribution >= 4 is 0 Å². The zero-order chi connectivity index (χ0) is 15.1. The van der Waals surface area contributed by atoms with Crippen LogP contribution >= 0.6 is 0 Å². The lowest BCUT2D eigenvalue weighted by Crippen LogP contribution is -2.69. The summed E-state index contributed by atoms with van der Waals surface area (Å²) in [5, 5.41) is 3.73. The van der Waals surface area contributed by atoms with Crippen molar-refractivity contribution in [2.45, 2.75) is 79.1 Å². The number of hydrogen-bond acceptors (Lipinski definition) is 3. The van der Waals surface area contributed by atoms with Crippen LogP contribution in [0.3, 0.4) is 0 Å². The molecule has 0 aromatic rings. The molecule has 0 aromatic carbocycles. The molecule has 1 aliphatic carbocycles. The van der Waals surface area contributed by atoms with Gasteiger partial charge in [-0.1, -0.05) is 34.6 Å². The van der Waals surface area contributed by atoms with E-state index in [1.165, 1.54) is 6.42 Å². The van der Waals surface area contributed by atoms with Crippen LogP contribution in [0.2, 0.25) is 0 Å². The number of rotatable bonds is 3. The second-order valence-electron chi connectivity index (χ2n) is 8.39. The molecule has 1 saturated heterocycles. The van der Waals surface area contributed by atoms with E-state index in [2.05, 4.69) is 58.7 Å². The summed E-state index contributed by atoms with van der Waals surface area (Å²) in [7, 11) is 0. The lowest BCUT2D eigenvalue weighted by atomic mass is 9.63. The molecule has 0 bridgehead atoms. The van der Waals surface area contributed by atoms with Crippen LogP contribution in [0.15, 0.2) is 0 Å². The van der Waals surface area contributed by atoms with E-state index in [1.54, 1.807) is 0 Å². The first-order valence-electron chi connectivity index (χ1n) is 8.28. The molecule has 1 N–H and O–H groups in total. The lowest BCUT2D eigenvalue weighted by Gasteiger charge is -2.59. The lowest BCUT2D eigenvalue weighted by molar-refractivity contribution is -0.163. The highest BCUT2D eigenvalue weighted by Crippen LogP contribution is 2.47. The standard InChI is InChI=1S/C17H34N2O/c1-8-20-15-9-14(17(15,6)7)19-11-13(16(3,4)5)18-10-12(19)2/h12-15,18H,8-11H2,1-7H3. The van der Waals surface area contributed by atoms with E-state index in [4.69, 9.17) is 4.74 Å². The number of hydrogen-bond donors (Lipinski definition) is 1. The Labute approximate surface area is 125 Å². The van der Waals surface area contributed by atoms with E-state index in [0.29, 0.717) is 29.6 Å². The fraction of sp³-hybridized carbons (Fsp3) is 1.00. The third-order valence-electron chi connectivity index (χ3n) is 5.56. The fourth-order valence-corrected chi connectivity index (χ4v) is 3.81. The van der Waals surface area contributed by atoms with Crippen molar-refractivity contribution in [2.24, 2.45) is 10.8 Å². The maximum absolute atomic E-state index is 5.90. The minimum absolute atomic E-state index is 0.282. The molecule has 118 valence electrons. The number of nitrogens with zero attached hydrogens (tertiary/aromatic N) is 1. The van der Waals surface area contributed by atoms with Gasteiger partial charge in [0.2, 0.25) is 0 Å². The van der Waals surface area contributed by atoms with E-state index in [1.807, 2.05) is 0 Å². The van der Waals surface area contributed by atoms with Crippen molar-refractivity contribution < 1.29 is 4.74 Å². The van der Waals surface area contributed by atoms with E-state index in [0.717, 1.165) is 19.7 Å². The molecule has 1 aliphatic heterocycles. The Hall–Kier alpha value is -0.120. The highest BCUT2D eigenvalue weighted by molar-refractivity contribution is 5.07. The molecule has 1 heterocycles. The SMILES string of the molecule is CCOC1CC(N2CC(C(C)(C)C)NCC2C)C1(C)C. The van der Waals surface area contributed by atoms with Crippen molar-refractivity contribution in [3.63, 3.8) is 0 Å². The molecule has 0 amide bonds. The summed E-state index contributed by atoms with van der Waals surface area (Å²) in [6, 6.07) is 1.88. The second-order valence-corrected chi connectivity index (χ2v) is 8.39. The molecule has 0 spiro atoms. The summed E-state index contributed by atoms with van der Waals surface area (Å²) < 4.78 is 5.90. The molecule has 1 saturated carbocycles. The van der Waals surface area contributed by atoms with Gasteiger partial charge in [0, 0.05) is 43.2 Å². The van der Waals surface area contributed by atoms with Crippen LogP contribution in [-0.4, -0.2) is 48.8 Å². The maximum atomic E-state index is 5.90. The van der Waals surface area contributed by atoms with Crippen LogP contribution in [-0.2, 0) is 4.74 Å². The molecule has 20 heavy (non-hydrogen) atoms. The van der Waals surface area contributed by atoms with Gasteiger partial charge >= 0.3 is 0 Å². The van der Waals surface area contributed by atoms with Crippen molar-refractivity contribution in [1.82, 2.24) is 10.2 Å². The largest absolute Gasteiger partial charge is 0.378 e. The number of piperazine rings is 1. The molecule has 2 fully saturated rings. The maximum Gasteiger partial charge on any atom is 0.0655 e. The average molecular weight is 282 g/mol. The van der Waals surface area contributed by atoms with E-state index < -0.39 is 0 Å². The predicted molar refractivity (Wildman–Crippen MR) is 85.0 cm³/mol. The van der Waals surface area contributed by atoms with Gasteiger partial charge < -0.3 is 10.1 Å². The Morgan fingerprint density at radius 2 is 1.95 bits per heavy atom. The molecular formula is C17H34N2O. The van der Waals surface area contributed by atoms with Gasteiger partial charge in [0.05, 0.1) is 6.10 Å². The third kappa shape index (κ3) is 2.90. The fourth-order valence-electron chi connectivity index (χ4n) is 3.81. The van der Waals surface area contributed by atoms with E-state index in [9.17, 15) is 0 Å². The Morgan fingerprint density at radius 1 is 1.30 bits per heavy atom. The van der Waals surface area contributed by atoms with E-state index >= 15 is 0 Å². The molecule has 2 aliphatic rings. The van der Waals surface area contributed by atoms with Crippen LogP contribution in [0.25, 0.3) is 0 Å². The van der Waals surface area contributed by atoms with Crippen molar-refractivity contribution in [3.05, 3.63) is 0 Å². The number of nitrogens with one attached hydrogen (secondary N) is 1. The molecule has 4 unspecified atom stereocenters. The van der Waals surface area contributed by atoms with E-state index in [-0.39, 0.29) is 5.41 Å². The topological polar surface area (TPSA) is 24.5 Å². The summed E-state index contributed by atoms with van der Waals surface area (Å²) in [5.74, 6) is 0. The Morgan fingerprint density at radius 3 is 2.45 bits per heavy atom. The molecule has 0 aromatic heterocycles. The monoisotopic (exact) mass is 282 g/mol. The first-order valence-corrected chi connectivity index (χ1v) is 8.28. The molecule has 4 atom stereocenters. The molecule has 3 heteroatoms. The minimum atomic E-state index is 0.282. The van der Waals surface area contributed by atoms with Crippen LogP contribution in [0.4, 0.5) is 0 Å². The Bertz CT molecular complexity index is 334. The van der Waals surface area contributed by atoms with Crippen LogP contribution in [0.5, 0.6) is 0 Å². The average Bonchev–Trinajstić information content (AvgIpc) is 2.34. The van der Waals surface area contributed by atoms with Gasteiger partial charge in [-0.15, -0.1) is 0 Å². The summed E-state index contributed by atoms with van der Waals surface area (Å²) in [5.41, 5.74) is 0.607. The third-order valence-corrected chi connectivity index (χ3v) is 5.56. The summed E-state index contributed by atoms with van der Waals surface area (Å²) in [6.07, 6.45) is 1.63. The van der Waals surface area contributed by atoms with Crippen LogP contribution < -0.4 is 5.32 Å². The first-order chi connectivity index (χ1) is 9.17. The predicted octanol–water partition coefficient (Wildman–Crippen LogP) is 2.90. The van der Waals surface area contributed by atoms with Gasteiger partial charge in [0.1, 0.15) is 0 Å². The summed E-state index contributed by atoms with van der Waals surface area (Å²) >= 11 is 0. The van der Waals surface area contributed by atoms with Crippen molar-refractivity contribution in [3.8, 4) is 0 Å². The molecular weight excluding hydrogens is 248 g/mol. The highest BCUT2D eigenvalue weighted by atomic mass is 16.5. The van der Waals surface area contributed by atoms with Crippen LogP contribution in [0, 0.1) is 10.8 Å². The van der Waals surface area contributed by atoms with Crippen molar-refractivity contribution in [2.75, 3.05) is 19.7 Å². The van der Waals surface area contributed by atoms with Crippen molar-refractivity contribution in [1.29, 1.82) is 0 Å². The summed E-state index contributed by atoms with van der Waals surface area (Å²) in [6.45, 7) is 19.3. The van der Waals surface area contributed by atoms with Gasteiger partial charge in [0.15, 0.2) is 0 Å². The zero-order valence-corrected chi connectivity index (χ0v) is 14.5. The van der Waals surface area contributed by atoms with Gasteiger partial charge in [-0.25, -0.2) is 0 Å². The normalized spacial score (nSPS) is 38.5. The van der Waals surface area contributed by atoms with Crippen LogP contribution in [0.1, 0.15) is 54.9 Å². The second kappa shape index (κ2) is 5.58. The quantitative estimate of drug-likeness (QED) is 0.861. The smallest absolute Gasteiger partial charge is 0.0655 e. The van der Waals surface area contributed by atoms with Gasteiger partial charge in [0.25, 0.3) is 0 Å². The summed E-state index contributed by atoms with van der Waals surface area (Å²) in [4.78, 5) is 2.74.